The summed E-state index contributed by atoms with van der Waals surface area (Å²) in [5.41, 5.74) is -0.640. The maximum absolute atomic E-state index is 11.0. The molecule has 5 heteroatoms. The molecule has 0 aromatic heterocycles. The summed E-state index contributed by atoms with van der Waals surface area (Å²) in [5.74, 6) is 0.789. The summed E-state index contributed by atoms with van der Waals surface area (Å²) >= 11 is 0. The Morgan fingerprint density at radius 1 is 1.12 bits per heavy atom. The van der Waals surface area contributed by atoms with Crippen LogP contribution in [0.1, 0.15) is 37.7 Å². The number of β-amino-alcohol motifs (C(OH)–C–C–N with tert-alkyl or cyclic N) is 2. The molecular formula is C20H31NO4. The van der Waals surface area contributed by atoms with Crippen LogP contribution >= 0.6 is 0 Å². The normalized spacial score (nSPS) is 27.6. The Labute approximate surface area is 150 Å². The number of rotatable bonds is 5. The predicted molar refractivity (Wildman–Crippen MR) is 96.9 cm³/mol. The van der Waals surface area contributed by atoms with Crippen LogP contribution < -0.4 is 4.74 Å². The molecule has 2 N–H and O–H groups in total. The topological polar surface area (TPSA) is 62.2 Å². The van der Waals surface area contributed by atoms with Gasteiger partial charge in [0.1, 0.15) is 18.0 Å². The molecule has 0 unspecified atom stereocenters. The smallest absolute Gasteiger partial charge is 0.134 e. The lowest BCUT2D eigenvalue weighted by Gasteiger charge is -2.38. The molecule has 1 saturated carbocycles. The summed E-state index contributed by atoms with van der Waals surface area (Å²) in [4.78, 5) is 2.14. The molecule has 2 fully saturated rings. The summed E-state index contributed by atoms with van der Waals surface area (Å²) in [6.07, 6.45) is 5.08. The molecule has 2 aliphatic rings. The number of benzene rings is 1. The van der Waals surface area contributed by atoms with Crippen molar-refractivity contribution >= 4 is 0 Å². The average molecular weight is 349 g/mol. The van der Waals surface area contributed by atoms with Crippen molar-refractivity contribution in [2.75, 3.05) is 39.5 Å². The van der Waals surface area contributed by atoms with E-state index in [9.17, 15) is 10.2 Å². The van der Waals surface area contributed by atoms with Gasteiger partial charge >= 0.3 is 0 Å². The first-order valence-corrected chi connectivity index (χ1v) is 9.41. The minimum Gasteiger partial charge on any atom is -0.490 e. The molecule has 1 aromatic rings. The zero-order chi connectivity index (χ0) is 17.8. The summed E-state index contributed by atoms with van der Waals surface area (Å²) < 4.78 is 11.5. The standard InChI is InChI=1S/C20H31NO4/c1-17-7-3-4-8-18(17)25-16-20(23)14-21(11-12-24-15-20)13-19(22)9-5-2-6-10-19/h3-4,7-8,22-23H,2,5-6,9-16H2,1H3/t20-/m0/s1. The number of aryl methyl sites for hydroxylation is 1. The van der Waals surface area contributed by atoms with E-state index >= 15 is 0 Å². The highest BCUT2D eigenvalue weighted by atomic mass is 16.5. The van der Waals surface area contributed by atoms with Gasteiger partial charge in [-0.15, -0.1) is 0 Å². The summed E-state index contributed by atoms with van der Waals surface area (Å²) in [6.45, 7) is 4.80. The van der Waals surface area contributed by atoms with E-state index in [1.807, 2.05) is 31.2 Å². The number of hydrogen-bond acceptors (Lipinski definition) is 5. The first kappa shape index (κ1) is 18.6. The largest absolute Gasteiger partial charge is 0.490 e. The van der Waals surface area contributed by atoms with Crippen molar-refractivity contribution in [2.45, 2.75) is 50.2 Å². The second kappa shape index (κ2) is 8.04. The van der Waals surface area contributed by atoms with Gasteiger partial charge in [0.15, 0.2) is 0 Å². The zero-order valence-corrected chi connectivity index (χ0v) is 15.2. The van der Waals surface area contributed by atoms with Crippen molar-refractivity contribution in [3.63, 3.8) is 0 Å². The van der Waals surface area contributed by atoms with Gasteiger partial charge in [0.2, 0.25) is 0 Å². The molecule has 3 rings (SSSR count). The van der Waals surface area contributed by atoms with Crippen LogP contribution in [0.15, 0.2) is 24.3 Å². The SMILES string of the molecule is Cc1ccccc1OC[C@@]1(O)COCCN(CC2(O)CCCCC2)C1. The van der Waals surface area contributed by atoms with Crippen molar-refractivity contribution in [1.29, 1.82) is 0 Å². The van der Waals surface area contributed by atoms with E-state index in [-0.39, 0.29) is 13.2 Å². The molecule has 1 atom stereocenters. The molecule has 1 aromatic carbocycles. The van der Waals surface area contributed by atoms with Gasteiger partial charge in [-0.2, -0.15) is 0 Å². The van der Waals surface area contributed by atoms with E-state index in [2.05, 4.69) is 4.90 Å². The molecule has 0 spiro atoms. The van der Waals surface area contributed by atoms with E-state index in [1.54, 1.807) is 0 Å². The van der Waals surface area contributed by atoms with Crippen LogP contribution in [0.3, 0.4) is 0 Å². The molecular weight excluding hydrogens is 318 g/mol. The first-order valence-electron chi connectivity index (χ1n) is 9.41. The van der Waals surface area contributed by atoms with Crippen molar-refractivity contribution < 1.29 is 19.7 Å². The van der Waals surface area contributed by atoms with Crippen molar-refractivity contribution in [3.05, 3.63) is 29.8 Å². The van der Waals surface area contributed by atoms with Crippen LogP contribution in [-0.2, 0) is 4.74 Å². The highest BCUT2D eigenvalue weighted by Crippen LogP contribution is 2.29. The average Bonchev–Trinajstić information content (AvgIpc) is 2.76. The van der Waals surface area contributed by atoms with Gasteiger partial charge in [-0.3, -0.25) is 4.90 Å². The van der Waals surface area contributed by atoms with Crippen LogP contribution in [0.5, 0.6) is 5.75 Å². The van der Waals surface area contributed by atoms with Crippen molar-refractivity contribution in [2.24, 2.45) is 0 Å². The molecule has 5 nitrogen and oxygen atoms in total. The van der Waals surface area contributed by atoms with Crippen LogP contribution in [0.4, 0.5) is 0 Å². The van der Waals surface area contributed by atoms with Gasteiger partial charge < -0.3 is 19.7 Å². The number of para-hydroxylation sites is 1. The lowest BCUT2D eigenvalue weighted by atomic mass is 9.84. The Bertz CT molecular complexity index is 558. The van der Waals surface area contributed by atoms with Crippen LogP contribution in [0, 0.1) is 6.92 Å². The van der Waals surface area contributed by atoms with Crippen molar-refractivity contribution in [1.82, 2.24) is 4.90 Å². The van der Waals surface area contributed by atoms with Crippen molar-refractivity contribution in [3.8, 4) is 5.75 Å². The van der Waals surface area contributed by atoms with Gasteiger partial charge in [-0.25, -0.2) is 0 Å². The third-order valence-electron chi connectivity index (χ3n) is 5.33. The summed E-state index contributed by atoms with van der Waals surface area (Å²) in [5, 5.41) is 21.8. The Kier molecular flexibility index (Phi) is 6.00. The van der Waals surface area contributed by atoms with Crippen LogP contribution in [0.25, 0.3) is 0 Å². The minimum absolute atomic E-state index is 0.187. The first-order chi connectivity index (χ1) is 12.0. The second-order valence-corrected chi connectivity index (χ2v) is 7.83. The third-order valence-corrected chi connectivity index (χ3v) is 5.33. The highest BCUT2D eigenvalue weighted by molar-refractivity contribution is 5.31. The third kappa shape index (κ3) is 5.17. The number of nitrogens with zero attached hydrogens (tertiary/aromatic N) is 1. The number of hydrogen-bond donors (Lipinski definition) is 2. The Balaban J connectivity index is 1.61. The fraction of sp³-hybridized carbons (Fsp3) is 0.700. The highest BCUT2D eigenvalue weighted by Gasteiger charge is 2.38. The Morgan fingerprint density at radius 3 is 2.64 bits per heavy atom. The van der Waals surface area contributed by atoms with E-state index < -0.39 is 11.2 Å². The van der Waals surface area contributed by atoms with E-state index in [0.29, 0.717) is 19.7 Å². The molecule has 25 heavy (non-hydrogen) atoms. The quantitative estimate of drug-likeness (QED) is 0.853. The predicted octanol–water partition coefficient (Wildman–Crippen LogP) is 2.13. The maximum Gasteiger partial charge on any atom is 0.134 e. The molecule has 1 aliphatic heterocycles. The van der Waals surface area contributed by atoms with Gasteiger partial charge in [-0.1, -0.05) is 37.5 Å². The van der Waals surface area contributed by atoms with Gasteiger partial charge in [0.25, 0.3) is 0 Å². The van der Waals surface area contributed by atoms with Gasteiger partial charge in [-0.05, 0) is 31.4 Å². The fourth-order valence-electron chi connectivity index (χ4n) is 3.93. The minimum atomic E-state index is -1.07. The monoisotopic (exact) mass is 349 g/mol. The van der Waals surface area contributed by atoms with E-state index in [0.717, 1.165) is 43.5 Å². The molecule has 0 amide bonds. The molecule has 1 heterocycles. The lowest BCUT2D eigenvalue weighted by molar-refractivity contribution is -0.0760. The van der Waals surface area contributed by atoms with Crippen LogP contribution in [-0.4, -0.2) is 65.8 Å². The fourth-order valence-corrected chi connectivity index (χ4v) is 3.93. The summed E-state index contributed by atoms with van der Waals surface area (Å²) in [7, 11) is 0. The molecule has 0 radical (unpaired) electrons. The molecule has 1 aliphatic carbocycles. The lowest BCUT2D eigenvalue weighted by Crippen LogP contribution is -2.53. The number of aliphatic hydroxyl groups is 2. The van der Waals surface area contributed by atoms with E-state index in [4.69, 9.17) is 9.47 Å². The molecule has 0 bridgehead atoms. The van der Waals surface area contributed by atoms with Gasteiger partial charge in [0, 0.05) is 19.6 Å². The van der Waals surface area contributed by atoms with Gasteiger partial charge in [0.05, 0.1) is 18.8 Å². The maximum atomic E-state index is 11.0. The number of ether oxygens (including phenoxy) is 2. The second-order valence-electron chi connectivity index (χ2n) is 7.83. The zero-order valence-electron chi connectivity index (χ0n) is 15.2. The molecule has 140 valence electrons. The molecule has 1 saturated heterocycles. The Morgan fingerprint density at radius 2 is 1.88 bits per heavy atom. The van der Waals surface area contributed by atoms with E-state index in [1.165, 1.54) is 6.42 Å². The van der Waals surface area contributed by atoms with Crippen LogP contribution in [0.2, 0.25) is 0 Å². The Hall–Kier alpha value is -1.14. The summed E-state index contributed by atoms with van der Waals surface area (Å²) in [6, 6.07) is 7.81.